The topological polar surface area (TPSA) is 101 Å². The highest BCUT2D eigenvalue weighted by molar-refractivity contribution is 7.90. The Balaban J connectivity index is 1.51. The summed E-state index contributed by atoms with van der Waals surface area (Å²) in [6.45, 7) is 1.28. The summed E-state index contributed by atoms with van der Waals surface area (Å²) in [7, 11) is -5.00. The monoisotopic (exact) mass is 362 g/mol. The molecule has 1 N–H and O–H groups in total. The first kappa shape index (κ1) is 16.9. The quantitative estimate of drug-likeness (QED) is 0.762. The second kappa shape index (κ2) is 6.15. The lowest BCUT2D eigenvalue weighted by Crippen LogP contribution is -2.42. The highest BCUT2D eigenvalue weighted by Crippen LogP contribution is 2.33. The zero-order valence-electron chi connectivity index (χ0n) is 13.1. The van der Waals surface area contributed by atoms with Crippen molar-refractivity contribution in [2.75, 3.05) is 19.6 Å². The third-order valence-electron chi connectivity index (χ3n) is 4.40. The van der Waals surface area contributed by atoms with Crippen molar-refractivity contribution in [3.05, 3.63) is 12.5 Å². The molecule has 0 atom stereocenters. The van der Waals surface area contributed by atoms with Crippen LogP contribution in [0.4, 0.5) is 0 Å². The number of imidazole rings is 1. The summed E-state index contributed by atoms with van der Waals surface area (Å²) in [5, 5.41) is -0.171. The van der Waals surface area contributed by atoms with Crippen molar-refractivity contribution in [2.24, 2.45) is 13.0 Å². The Morgan fingerprint density at radius 3 is 2.35 bits per heavy atom. The lowest BCUT2D eigenvalue weighted by Gasteiger charge is -2.31. The van der Waals surface area contributed by atoms with Crippen LogP contribution < -0.4 is 4.72 Å². The fourth-order valence-electron chi connectivity index (χ4n) is 2.77. The zero-order chi connectivity index (χ0) is 16.7. The molecule has 0 bridgehead atoms. The first-order valence-corrected chi connectivity index (χ1v) is 10.7. The molecule has 2 aliphatic rings. The van der Waals surface area contributed by atoms with E-state index in [-0.39, 0.29) is 16.2 Å². The van der Waals surface area contributed by atoms with Crippen LogP contribution in [0.3, 0.4) is 0 Å². The van der Waals surface area contributed by atoms with E-state index >= 15 is 0 Å². The number of aryl methyl sites for hydroxylation is 1. The van der Waals surface area contributed by atoms with Crippen LogP contribution >= 0.6 is 0 Å². The lowest BCUT2D eigenvalue weighted by atomic mass is 9.99. The van der Waals surface area contributed by atoms with Crippen LogP contribution in [0.2, 0.25) is 0 Å². The van der Waals surface area contributed by atoms with Gasteiger partial charge in [0.05, 0.1) is 11.6 Å². The third kappa shape index (κ3) is 3.76. The number of piperidine rings is 1. The van der Waals surface area contributed by atoms with Crippen LogP contribution in [0.25, 0.3) is 0 Å². The van der Waals surface area contributed by atoms with Gasteiger partial charge in [0.15, 0.2) is 5.03 Å². The van der Waals surface area contributed by atoms with E-state index in [2.05, 4.69) is 9.71 Å². The van der Waals surface area contributed by atoms with Crippen LogP contribution in [0.15, 0.2) is 17.6 Å². The molecule has 10 heteroatoms. The SMILES string of the molecule is Cn1cnc(S(=O)(=O)NCC2CCN(S(=O)(=O)C3CC3)CC2)c1. The molecular weight excluding hydrogens is 340 g/mol. The number of hydrogen-bond donors (Lipinski definition) is 1. The van der Waals surface area contributed by atoms with Crippen molar-refractivity contribution in [2.45, 2.75) is 36.0 Å². The minimum atomic E-state index is -3.60. The molecule has 1 aliphatic heterocycles. The molecule has 1 aromatic rings. The van der Waals surface area contributed by atoms with E-state index in [1.54, 1.807) is 15.9 Å². The van der Waals surface area contributed by atoms with Gasteiger partial charge in [0.2, 0.25) is 10.0 Å². The number of hydrogen-bond acceptors (Lipinski definition) is 5. The molecule has 2 heterocycles. The standard InChI is InChI=1S/C13H22N4O4S2/c1-16-9-13(14-10-16)22(18,19)15-8-11-4-6-17(7-5-11)23(20,21)12-2-3-12/h9-12,15H,2-8H2,1H3. The van der Waals surface area contributed by atoms with E-state index in [1.807, 2.05) is 0 Å². The summed E-state index contributed by atoms with van der Waals surface area (Å²) in [6, 6.07) is 0. The molecule has 130 valence electrons. The first-order chi connectivity index (χ1) is 10.8. The van der Waals surface area contributed by atoms with E-state index in [4.69, 9.17) is 0 Å². The van der Waals surface area contributed by atoms with Crippen molar-refractivity contribution < 1.29 is 16.8 Å². The number of nitrogens with zero attached hydrogens (tertiary/aromatic N) is 3. The van der Waals surface area contributed by atoms with Gasteiger partial charge in [-0.05, 0) is 31.6 Å². The van der Waals surface area contributed by atoms with Crippen LogP contribution in [0.1, 0.15) is 25.7 Å². The second-order valence-electron chi connectivity index (χ2n) is 6.32. The van der Waals surface area contributed by atoms with Gasteiger partial charge in [0.25, 0.3) is 10.0 Å². The molecule has 1 saturated carbocycles. The van der Waals surface area contributed by atoms with Crippen molar-refractivity contribution >= 4 is 20.0 Å². The van der Waals surface area contributed by atoms with Gasteiger partial charge in [-0.1, -0.05) is 0 Å². The summed E-state index contributed by atoms with van der Waals surface area (Å²) < 4.78 is 54.3. The van der Waals surface area contributed by atoms with E-state index in [0.29, 0.717) is 32.5 Å². The maximum absolute atomic E-state index is 12.2. The summed E-state index contributed by atoms with van der Waals surface area (Å²) in [6.07, 6.45) is 5.79. The average molecular weight is 362 g/mol. The van der Waals surface area contributed by atoms with Crippen molar-refractivity contribution in [1.82, 2.24) is 18.6 Å². The zero-order valence-corrected chi connectivity index (χ0v) is 14.7. The van der Waals surface area contributed by atoms with Crippen molar-refractivity contribution in [1.29, 1.82) is 0 Å². The maximum atomic E-state index is 12.2. The Morgan fingerprint density at radius 1 is 1.17 bits per heavy atom. The molecule has 0 aromatic carbocycles. The van der Waals surface area contributed by atoms with Gasteiger partial charge in [0, 0.05) is 32.9 Å². The van der Waals surface area contributed by atoms with E-state index < -0.39 is 20.0 Å². The Labute approximate surface area is 137 Å². The molecule has 1 aliphatic carbocycles. The van der Waals surface area contributed by atoms with Crippen molar-refractivity contribution in [3.63, 3.8) is 0 Å². The van der Waals surface area contributed by atoms with Gasteiger partial charge in [-0.25, -0.2) is 30.8 Å². The van der Waals surface area contributed by atoms with Gasteiger partial charge in [-0.15, -0.1) is 0 Å². The molecule has 3 rings (SSSR count). The number of aromatic nitrogens is 2. The summed E-state index contributed by atoms with van der Waals surface area (Å²) in [5.74, 6) is 0.152. The summed E-state index contributed by atoms with van der Waals surface area (Å²) >= 11 is 0. The fourth-order valence-corrected chi connectivity index (χ4v) is 5.74. The highest BCUT2D eigenvalue weighted by Gasteiger charge is 2.41. The molecule has 0 unspecified atom stereocenters. The minimum Gasteiger partial charge on any atom is -0.339 e. The first-order valence-electron chi connectivity index (χ1n) is 7.75. The van der Waals surface area contributed by atoms with Crippen LogP contribution in [0.5, 0.6) is 0 Å². The van der Waals surface area contributed by atoms with Crippen molar-refractivity contribution in [3.8, 4) is 0 Å². The molecule has 0 radical (unpaired) electrons. The van der Waals surface area contributed by atoms with E-state index in [1.165, 1.54) is 12.5 Å². The average Bonchev–Trinajstić information content (AvgIpc) is 3.28. The van der Waals surface area contributed by atoms with Crippen LogP contribution in [-0.2, 0) is 27.1 Å². The van der Waals surface area contributed by atoms with Gasteiger partial charge < -0.3 is 4.57 Å². The molecule has 2 fully saturated rings. The smallest absolute Gasteiger partial charge is 0.259 e. The molecule has 1 saturated heterocycles. The van der Waals surface area contributed by atoms with Crippen LogP contribution in [-0.4, -0.2) is 55.6 Å². The van der Waals surface area contributed by atoms with E-state index in [9.17, 15) is 16.8 Å². The van der Waals surface area contributed by atoms with E-state index in [0.717, 1.165) is 12.8 Å². The summed E-state index contributed by atoms with van der Waals surface area (Å²) in [5.41, 5.74) is 0. The van der Waals surface area contributed by atoms with Gasteiger partial charge in [-0.2, -0.15) is 0 Å². The number of nitrogens with one attached hydrogen (secondary N) is 1. The lowest BCUT2D eigenvalue weighted by molar-refractivity contribution is 0.274. The Bertz CT molecular complexity index is 760. The van der Waals surface area contributed by atoms with Gasteiger partial charge >= 0.3 is 0 Å². The molecule has 1 aromatic heterocycles. The molecule has 8 nitrogen and oxygen atoms in total. The predicted molar refractivity (Wildman–Crippen MR) is 84.6 cm³/mol. The number of rotatable bonds is 6. The Hall–Kier alpha value is -0.970. The molecule has 0 amide bonds. The second-order valence-corrected chi connectivity index (χ2v) is 10.2. The van der Waals surface area contributed by atoms with Crippen LogP contribution in [0, 0.1) is 5.92 Å². The maximum Gasteiger partial charge on any atom is 0.259 e. The predicted octanol–water partition coefficient (Wildman–Crippen LogP) is -0.0974. The molecule has 0 spiro atoms. The normalized spacial score (nSPS) is 21.6. The number of sulfonamides is 2. The third-order valence-corrected chi connectivity index (χ3v) is 8.10. The van der Waals surface area contributed by atoms with Gasteiger partial charge in [-0.3, -0.25) is 0 Å². The minimum absolute atomic E-state index is 0.00810. The molecular formula is C13H22N4O4S2. The van der Waals surface area contributed by atoms with Gasteiger partial charge in [0.1, 0.15) is 0 Å². The highest BCUT2D eigenvalue weighted by atomic mass is 32.2. The Kier molecular flexibility index (Phi) is 4.51. The summed E-state index contributed by atoms with van der Waals surface area (Å²) in [4.78, 5) is 3.85. The largest absolute Gasteiger partial charge is 0.339 e. The fraction of sp³-hybridized carbons (Fsp3) is 0.769. The Morgan fingerprint density at radius 2 is 1.83 bits per heavy atom. The molecule has 23 heavy (non-hydrogen) atoms.